The van der Waals surface area contributed by atoms with E-state index in [2.05, 4.69) is 4.98 Å². The van der Waals surface area contributed by atoms with E-state index in [1.54, 1.807) is 0 Å². The first kappa shape index (κ1) is 15.6. The Bertz CT molecular complexity index is 827. The molecule has 2 heterocycles. The van der Waals surface area contributed by atoms with E-state index >= 15 is 0 Å². The second-order valence-corrected chi connectivity index (χ2v) is 7.29. The van der Waals surface area contributed by atoms with Crippen LogP contribution >= 0.6 is 11.6 Å². The number of likely N-dealkylation sites (tertiary alicyclic amines) is 1. The predicted molar refractivity (Wildman–Crippen MR) is 92.4 cm³/mol. The first-order valence-corrected chi connectivity index (χ1v) is 8.86. The van der Waals surface area contributed by atoms with Crippen LogP contribution in [0.5, 0.6) is 0 Å². The standard InChI is InChI=1S/C19H19ClN2O2/c20-17-14(10-13-6-2-3-7-15(13)21-17)12-22-16(23)11-19(18(22)24)8-4-1-5-9-19/h2-3,6-7,10H,1,4-5,8-9,11-12H2. The van der Waals surface area contributed by atoms with Crippen molar-refractivity contribution in [3.05, 3.63) is 41.0 Å². The number of nitrogens with zero attached hydrogens (tertiary/aromatic N) is 2. The maximum atomic E-state index is 12.9. The minimum Gasteiger partial charge on any atom is -0.277 e. The van der Waals surface area contributed by atoms with Crippen LogP contribution in [0.25, 0.3) is 10.9 Å². The molecule has 1 aliphatic carbocycles. The number of amides is 2. The van der Waals surface area contributed by atoms with Crippen LogP contribution in [0.4, 0.5) is 0 Å². The Hall–Kier alpha value is -1.94. The highest BCUT2D eigenvalue weighted by molar-refractivity contribution is 6.30. The first-order valence-electron chi connectivity index (χ1n) is 8.48. The Morgan fingerprint density at radius 3 is 2.67 bits per heavy atom. The van der Waals surface area contributed by atoms with Crippen LogP contribution in [0.1, 0.15) is 44.1 Å². The molecule has 124 valence electrons. The topological polar surface area (TPSA) is 50.3 Å². The number of aromatic nitrogens is 1. The number of fused-ring (bicyclic) bond motifs is 1. The summed E-state index contributed by atoms with van der Waals surface area (Å²) in [6, 6.07) is 9.63. The van der Waals surface area contributed by atoms with Crippen molar-refractivity contribution in [2.75, 3.05) is 0 Å². The Morgan fingerprint density at radius 2 is 1.88 bits per heavy atom. The van der Waals surface area contributed by atoms with E-state index < -0.39 is 5.41 Å². The van der Waals surface area contributed by atoms with Gasteiger partial charge < -0.3 is 0 Å². The molecule has 0 unspecified atom stereocenters. The molecule has 1 aromatic heterocycles. The number of imide groups is 1. The molecule has 2 amide bonds. The van der Waals surface area contributed by atoms with E-state index in [0.29, 0.717) is 11.6 Å². The fourth-order valence-electron chi connectivity index (χ4n) is 4.06. The zero-order valence-electron chi connectivity index (χ0n) is 13.4. The predicted octanol–water partition coefficient (Wildman–Crippen LogP) is 4.10. The van der Waals surface area contributed by atoms with Crippen LogP contribution in [0.3, 0.4) is 0 Å². The van der Waals surface area contributed by atoms with Gasteiger partial charge in [0.25, 0.3) is 0 Å². The molecule has 1 saturated heterocycles. The zero-order chi connectivity index (χ0) is 16.7. The number of carbonyl (C=O) groups excluding carboxylic acids is 2. The third-order valence-electron chi connectivity index (χ3n) is 5.38. The average molecular weight is 343 g/mol. The fourth-order valence-corrected chi connectivity index (χ4v) is 4.26. The number of halogens is 1. The molecule has 0 N–H and O–H groups in total. The molecule has 1 aliphatic heterocycles. The largest absolute Gasteiger partial charge is 0.277 e. The normalized spacial score (nSPS) is 20.3. The van der Waals surface area contributed by atoms with Gasteiger partial charge in [-0.2, -0.15) is 0 Å². The summed E-state index contributed by atoms with van der Waals surface area (Å²) in [5, 5.41) is 1.32. The van der Waals surface area contributed by atoms with Gasteiger partial charge in [0.2, 0.25) is 11.8 Å². The van der Waals surface area contributed by atoms with E-state index in [9.17, 15) is 9.59 Å². The zero-order valence-corrected chi connectivity index (χ0v) is 14.2. The number of carbonyl (C=O) groups is 2. The summed E-state index contributed by atoms with van der Waals surface area (Å²) in [7, 11) is 0. The molecule has 4 rings (SSSR count). The van der Waals surface area contributed by atoms with E-state index in [-0.39, 0.29) is 18.4 Å². The van der Waals surface area contributed by atoms with Crippen LogP contribution in [0.15, 0.2) is 30.3 Å². The summed E-state index contributed by atoms with van der Waals surface area (Å²) in [6.45, 7) is 0.218. The molecule has 2 aliphatic rings. The molecule has 2 fully saturated rings. The summed E-state index contributed by atoms with van der Waals surface area (Å²) < 4.78 is 0. The lowest BCUT2D eigenvalue weighted by Crippen LogP contribution is -2.36. The van der Waals surface area contributed by atoms with Gasteiger partial charge in [0.05, 0.1) is 17.5 Å². The highest BCUT2D eigenvalue weighted by Crippen LogP contribution is 2.45. The van der Waals surface area contributed by atoms with Crippen molar-refractivity contribution < 1.29 is 9.59 Å². The smallest absolute Gasteiger partial charge is 0.236 e. The van der Waals surface area contributed by atoms with Crippen LogP contribution in [0, 0.1) is 5.41 Å². The summed E-state index contributed by atoms with van der Waals surface area (Å²) in [4.78, 5) is 31.2. The summed E-state index contributed by atoms with van der Waals surface area (Å²) in [6.07, 6.45) is 5.24. The van der Waals surface area contributed by atoms with Gasteiger partial charge in [-0.15, -0.1) is 0 Å². The molecular weight excluding hydrogens is 324 g/mol. The maximum absolute atomic E-state index is 12.9. The van der Waals surface area contributed by atoms with Gasteiger partial charge in [-0.25, -0.2) is 4.98 Å². The SMILES string of the molecule is O=C1CC2(CCCCC2)C(=O)N1Cc1cc2ccccc2nc1Cl. The van der Waals surface area contributed by atoms with Crippen molar-refractivity contribution in [1.82, 2.24) is 9.88 Å². The molecule has 4 nitrogen and oxygen atoms in total. The van der Waals surface area contributed by atoms with Crippen LogP contribution in [-0.2, 0) is 16.1 Å². The molecule has 2 aromatic rings. The van der Waals surface area contributed by atoms with Gasteiger partial charge in [0.15, 0.2) is 0 Å². The highest BCUT2D eigenvalue weighted by Gasteiger charge is 2.51. The molecule has 24 heavy (non-hydrogen) atoms. The lowest BCUT2D eigenvalue weighted by molar-refractivity contribution is -0.142. The Kier molecular flexibility index (Phi) is 3.80. The first-order chi connectivity index (χ1) is 11.6. The highest BCUT2D eigenvalue weighted by atomic mass is 35.5. The van der Waals surface area contributed by atoms with Crippen molar-refractivity contribution in [2.24, 2.45) is 5.41 Å². The molecule has 1 spiro atoms. The molecule has 0 bridgehead atoms. The van der Waals surface area contributed by atoms with Gasteiger partial charge >= 0.3 is 0 Å². The van der Waals surface area contributed by atoms with Crippen molar-refractivity contribution >= 4 is 34.3 Å². The Morgan fingerprint density at radius 1 is 1.12 bits per heavy atom. The van der Waals surface area contributed by atoms with Crippen LogP contribution in [0.2, 0.25) is 5.15 Å². The third kappa shape index (κ3) is 2.49. The second kappa shape index (κ2) is 5.85. The quantitative estimate of drug-likeness (QED) is 0.610. The minimum absolute atomic E-state index is 0.0172. The number of para-hydroxylation sites is 1. The Balaban J connectivity index is 1.64. The summed E-state index contributed by atoms with van der Waals surface area (Å²) in [5.74, 6) is -0.0949. The van der Waals surface area contributed by atoms with Gasteiger partial charge in [0, 0.05) is 17.4 Å². The molecular formula is C19H19ClN2O2. The van der Waals surface area contributed by atoms with Crippen molar-refractivity contribution in [3.8, 4) is 0 Å². The van der Waals surface area contributed by atoms with Gasteiger partial charge in [-0.1, -0.05) is 49.1 Å². The van der Waals surface area contributed by atoms with E-state index in [1.807, 2.05) is 30.3 Å². The monoisotopic (exact) mass is 342 g/mol. The number of benzene rings is 1. The van der Waals surface area contributed by atoms with E-state index in [4.69, 9.17) is 11.6 Å². The molecule has 1 saturated carbocycles. The minimum atomic E-state index is -0.452. The lowest BCUT2D eigenvalue weighted by Gasteiger charge is -2.30. The number of rotatable bonds is 2. The lowest BCUT2D eigenvalue weighted by atomic mass is 9.73. The van der Waals surface area contributed by atoms with Crippen molar-refractivity contribution in [2.45, 2.75) is 45.1 Å². The van der Waals surface area contributed by atoms with Crippen LogP contribution < -0.4 is 0 Å². The summed E-state index contributed by atoms with van der Waals surface area (Å²) >= 11 is 6.29. The molecule has 5 heteroatoms. The second-order valence-electron chi connectivity index (χ2n) is 6.93. The van der Waals surface area contributed by atoms with Gasteiger partial charge in [-0.05, 0) is 25.0 Å². The fraction of sp³-hybridized carbons (Fsp3) is 0.421. The third-order valence-corrected chi connectivity index (χ3v) is 5.71. The van der Waals surface area contributed by atoms with Crippen LogP contribution in [-0.4, -0.2) is 21.7 Å². The van der Waals surface area contributed by atoms with Gasteiger partial charge in [0.1, 0.15) is 5.15 Å². The summed E-state index contributed by atoms with van der Waals surface area (Å²) in [5.41, 5.74) is 1.09. The number of hydrogen-bond acceptors (Lipinski definition) is 3. The molecule has 1 aromatic carbocycles. The maximum Gasteiger partial charge on any atom is 0.236 e. The average Bonchev–Trinajstić information content (AvgIpc) is 2.80. The van der Waals surface area contributed by atoms with Crippen molar-refractivity contribution in [3.63, 3.8) is 0 Å². The number of pyridine rings is 1. The molecule has 0 radical (unpaired) electrons. The molecule has 0 atom stereocenters. The van der Waals surface area contributed by atoms with E-state index in [1.165, 1.54) is 4.90 Å². The van der Waals surface area contributed by atoms with Gasteiger partial charge in [-0.3, -0.25) is 14.5 Å². The number of hydrogen-bond donors (Lipinski definition) is 0. The Labute approximate surface area is 145 Å². The van der Waals surface area contributed by atoms with Crippen molar-refractivity contribution in [1.29, 1.82) is 0 Å². The van der Waals surface area contributed by atoms with E-state index in [0.717, 1.165) is 48.6 Å².